The Morgan fingerprint density at radius 3 is 2.67 bits per heavy atom. The lowest BCUT2D eigenvalue weighted by Crippen LogP contribution is -2.03. The summed E-state index contributed by atoms with van der Waals surface area (Å²) in [6, 6.07) is 12.3. The molecule has 2 aromatic carbocycles. The largest absolute Gasteiger partial charge is 0.494 e. The molecule has 3 aromatic rings. The molecule has 5 heteroatoms. The maximum atomic E-state index is 12.1. The highest BCUT2D eigenvalue weighted by molar-refractivity contribution is 6.31. The SMILES string of the molecule is CCCCCOc1ccc(-c2nc3cc(Cl)ccc3c(=O)o2)cc1. The van der Waals surface area contributed by atoms with Crippen LogP contribution in [0.4, 0.5) is 0 Å². The third-order valence-corrected chi connectivity index (χ3v) is 3.94. The third-order valence-electron chi connectivity index (χ3n) is 3.71. The third kappa shape index (κ3) is 3.77. The molecule has 0 saturated heterocycles. The van der Waals surface area contributed by atoms with Gasteiger partial charge in [-0.3, -0.25) is 0 Å². The van der Waals surface area contributed by atoms with Crippen molar-refractivity contribution in [2.75, 3.05) is 6.61 Å². The molecule has 0 amide bonds. The van der Waals surface area contributed by atoms with Crippen LogP contribution in [0.2, 0.25) is 5.02 Å². The van der Waals surface area contributed by atoms with E-state index in [9.17, 15) is 4.79 Å². The number of hydrogen-bond acceptors (Lipinski definition) is 4. The zero-order chi connectivity index (χ0) is 16.9. The number of halogens is 1. The van der Waals surface area contributed by atoms with E-state index in [0.717, 1.165) is 24.2 Å². The first-order valence-corrected chi connectivity index (χ1v) is 8.39. The van der Waals surface area contributed by atoms with Crippen LogP contribution in [0.5, 0.6) is 5.75 Å². The monoisotopic (exact) mass is 343 g/mol. The fourth-order valence-electron chi connectivity index (χ4n) is 2.40. The molecule has 1 aromatic heterocycles. The average molecular weight is 344 g/mol. The minimum absolute atomic E-state index is 0.271. The Hall–Kier alpha value is -2.33. The molecule has 1 heterocycles. The van der Waals surface area contributed by atoms with Crippen LogP contribution in [0.1, 0.15) is 26.2 Å². The highest BCUT2D eigenvalue weighted by Crippen LogP contribution is 2.23. The Bertz CT molecular complexity index is 887. The van der Waals surface area contributed by atoms with Gasteiger partial charge in [0, 0.05) is 10.6 Å². The van der Waals surface area contributed by atoms with Crippen LogP contribution in [-0.2, 0) is 0 Å². The highest BCUT2D eigenvalue weighted by atomic mass is 35.5. The molecule has 4 nitrogen and oxygen atoms in total. The Morgan fingerprint density at radius 1 is 1.12 bits per heavy atom. The summed E-state index contributed by atoms with van der Waals surface area (Å²) in [6.45, 7) is 2.86. The first-order chi connectivity index (χ1) is 11.7. The maximum absolute atomic E-state index is 12.1. The first kappa shape index (κ1) is 16.5. The number of fused-ring (bicyclic) bond motifs is 1. The number of benzene rings is 2. The number of unbranched alkanes of at least 4 members (excludes halogenated alkanes) is 2. The summed E-state index contributed by atoms with van der Waals surface area (Å²) in [5, 5.41) is 0.946. The van der Waals surface area contributed by atoms with E-state index >= 15 is 0 Å². The maximum Gasteiger partial charge on any atom is 0.347 e. The molecular weight excluding hydrogens is 326 g/mol. The quantitative estimate of drug-likeness (QED) is 0.586. The van der Waals surface area contributed by atoms with E-state index in [2.05, 4.69) is 11.9 Å². The summed E-state index contributed by atoms with van der Waals surface area (Å²) in [7, 11) is 0. The molecule has 0 radical (unpaired) electrons. The zero-order valence-electron chi connectivity index (χ0n) is 13.4. The van der Waals surface area contributed by atoms with Gasteiger partial charge in [-0.1, -0.05) is 31.4 Å². The Balaban J connectivity index is 1.83. The Labute approximate surface area is 145 Å². The van der Waals surface area contributed by atoms with Gasteiger partial charge in [0.2, 0.25) is 5.89 Å². The van der Waals surface area contributed by atoms with Crippen LogP contribution in [0.3, 0.4) is 0 Å². The Kier molecular flexibility index (Phi) is 5.16. The number of rotatable bonds is 6. The van der Waals surface area contributed by atoms with Crippen LogP contribution in [0.25, 0.3) is 22.4 Å². The van der Waals surface area contributed by atoms with Gasteiger partial charge in [0.05, 0.1) is 17.5 Å². The molecule has 0 N–H and O–H groups in total. The van der Waals surface area contributed by atoms with Crippen molar-refractivity contribution in [2.24, 2.45) is 0 Å². The molecule has 0 spiro atoms. The summed E-state index contributed by atoms with van der Waals surface area (Å²) in [5.41, 5.74) is 0.815. The number of hydrogen-bond donors (Lipinski definition) is 0. The minimum Gasteiger partial charge on any atom is -0.494 e. The van der Waals surface area contributed by atoms with E-state index in [4.69, 9.17) is 20.8 Å². The van der Waals surface area contributed by atoms with Gasteiger partial charge in [0.1, 0.15) is 5.75 Å². The zero-order valence-corrected chi connectivity index (χ0v) is 14.2. The molecule has 3 rings (SSSR count). The molecule has 0 saturated carbocycles. The fourth-order valence-corrected chi connectivity index (χ4v) is 2.57. The number of nitrogens with zero attached hydrogens (tertiary/aromatic N) is 1. The van der Waals surface area contributed by atoms with Crippen LogP contribution in [0, 0.1) is 0 Å². The lowest BCUT2D eigenvalue weighted by Gasteiger charge is -2.06. The molecule has 0 aliphatic rings. The van der Waals surface area contributed by atoms with E-state index in [0.29, 0.717) is 22.5 Å². The van der Waals surface area contributed by atoms with E-state index in [1.54, 1.807) is 18.2 Å². The van der Waals surface area contributed by atoms with Gasteiger partial charge in [-0.15, -0.1) is 0 Å². The topological polar surface area (TPSA) is 52.3 Å². The molecule has 124 valence electrons. The lowest BCUT2D eigenvalue weighted by atomic mass is 10.2. The van der Waals surface area contributed by atoms with Gasteiger partial charge in [-0.2, -0.15) is 0 Å². The standard InChI is InChI=1S/C19H18ClNO3/c1-2-3-4-11-23-15-8-5-13(6-9-15)18-21-17-12-14(20)7-10-16(17)19(22)24-18/h5-10,12H,2-4,11H2,1H3. The van der Waals surface area contributed by atoms with Crippen LogP contribution >= 0.6 is 11.6 Å². The van der Waals surface area contributed by atoms with Crippen molar-refractivity contribution in [3.05, 3.63) is 57.9 Å². The summed E-state index contributed by atoms with van der Waals surface area (Å²) < 4.78 is 11.0. The lowest BCUT2D eigenvalue weighted by molar-refractivity contribution is 0.306. The second kappa shape index (κ2) is 7.49. The predicted molar refractivity (Wildman–Crippen MR) is 95.7 cm³/mol. The van der Waals surface area contributed by atoms with Crippen molar-refractivity contribution in [3.8, 4) is 17.2 Å². The first-order valence-electron chi connectivity index (χ1n) is 8.01. The van der Waals surface area contributed by atoms with Crippen LogP contribution < -0.4 is 10.4 Å². The summed E-state index contributed by atoms with van der Waals surface area (Å²) in [5.74, 6) is 1.06. The van der Waals surface area contributed by atoms with Crippen LogP contribution in [-0.4, -0.2) is 11.6 Å². The van der Waals surface area contributed by atoms with E-state index in [1.165, 1.54) is 6.42 Å². The fraction of sp³-hybridized carbons (Fsp3) is 0.263. The Morgan fingerprint density at radius 2 is 1.92 bits per heavy atom. The average Bonchev–Trinajstić information content (AvgIpc) is 2.59. The van der Waals surface area contributed by atoms with Gasteiger partial charge >= 0.3 is 5.63 Å². The van der Waals surface area contributed by atoms with E-state index < -0.39 is 5.63 Å². The highest BCUT2D eigenvalue weighted by Gasteiger charge is 2.09. The molecule has 0 fully saturated rings. The number of ether oxygens (including phenoxy) is 1. The van der Waals surface area contributed by atoms with Crippen molar-refractivity contribution in [3.63, 3.8) is 0 Å². The van der Waals surface area contributed by atoms with Gasteiger partial charge in [0.15, 0.2) is 0 Å². The number of aromatic nitrogens is 1. The van der Waals surface area contributed by atoms with Gasteiger partial charge in [-0.05, 0) is 48.9 Å². The van der Waals surface area contributed by atoms with E-state index in [1.807, 2.05) is 24.3 Å². The second-order valence-corrected chi connectivity index (χ2v) is 5.98. The van der Waals surface area contributed by atoms with Crippen molar-refractivity contribution < 1.29 is 9.15 Å². The summed E-state index contributed by atoms with van der Waals surface area (Å²) >= 11 is 5.97. The van der Waals surface area contributed by atoms with Crippen molar-refractivity contribution >= 4 is 22.5 Å². The normalized spacial score (nSPS) is 10.9. The molecule has 0 unspecified atom stereocenters. The van der Waals surface area contributed by atoms with Gasteiger partial charge in [0.25, 0.3) is 0 Å². The van der Waals surface area contributed by atoms with Crippen LogP contribution in [0.15, 0.2) is 51.7 Å². The second-order valence-electron chi connectivity index (χ2n) is 5.55. The van der Waals surface area contributed by atoms with Gasteiger partial charge < -0.3 is 9.15 Å². The summed E-state index contributed by atoms with van der Waals surface area (Å²) in [6.07, 6.45) is 3.37. The smallest absolute Gasteiger partial charge is 0.347 e. The summed E-state index contributed by atoms with van der Waals surface area (Å²) in [4.78, 5) is 16.5. The molecule has 0 aliphatic heterocycles. The molecule has 0 atom stereocenters. The van der Waals surface area contributed by atoms with Crippen molar-refractivity contribution in [1.29, 1.82) is 0 Å². The van der Waals surface area contributed by atoms with Gasteiger partial charge in [-0.25, -0.2) is 9.78 Å². The minimum atomic E-state index is -0.424. The van der Waals surface area contributed by atoms with E-state index in [-0.39, 0.29) is 5.89 Å². The molecule has 0 bridgehead atoms. The van der Waals surface area contributed by atoms with Crippen molar-refractivity contribution in [2.45, 2.75) is 26.2 Å². The predicted octanol–water partition coefficient (Wildman–Crippen LogP) is 5.08. The molecule has 24 heavy (non-hydrogen) atoms. The molecular formula is C19H18ClNO3. The van der Waals surface area contributed by atoms with Crippen molar-refractivity contribution in [1.82, 2.24) is 4.98 Å². The molecule has 0 aliphatic carbocycles.